The Hall–Kier alpha value is -0.160. The van der Waals surface area contributed by atoms with Crippen molar-refractivity contribution in [3.8, 4) is 0 Å². The summed E-state index contributed by atoms with van der Waals surface area (Å²) >= 11 is 7.17. The van der Waals surface area contributed by atoms with Crippen LogP contribution in [0.1, 0.15) is 6.92 Å². The lowest BCUT2D eigenvalue weighted by Crippen LogP contribution is -2.02. The average molecular weight is 277 g/mol. The fourth-order valence-electron chi connectivity index (χ4n) is 0.736. The highest BCUT2D eigenvalue weighted by molar-refractivity contribution is 14.1. The molecule has 1 rings (SSSR count). The number of hydrogen-bond donors (Lipinski definition) is 1. The molecule has 0 saturated heterocycles. The molecule has 0 aliphatic carbocycles. The summed E-state index contributed by atoms with van der Waals surface area (Å²) in [7, 11) is 0. The first-order valence-corrected chi connectivity index (χ1v) is 4.70. The Morgan fingerprint density at radius 1 is 1.36 bits per heavy atom. The van der Waals surface area contributed by atoms with Gasteiger partial charge in [-0.05, 0) is 53.8 Å². The van der Waals surface area contributed by atoms with E-state index in [1.54, 1.807) is 0 Å². The minimum Gasteiger partial charge on any atom is -0.350 e. The molecule has 0 aliphatic rings. The quantitative estimate of drug-likeness (QED) is 0.625. The third-order valence-corrected chi connectivity index (χ3v) is 1.99. The van der Waals surface area contributed by atoms with Crippen LogP contribution < -0.4 is 5.32 Å². The second-order valence-corrected chi connectivity index (χ2v) is 4.05. The maximum atomic E-state index is 4.90. The van der Waals surface area contributed by atoms with E-state index in [2.05, 4.69) is 27.9 Å². The van der Waals surface area contributed by atoms with Crippen molar-refractivity contribution in [3.05, 3.63) is 27.8 Å². The molecule has 11 heavy (non-hydrogen) atoms. The first-order chi connectivity index (χ1) is 5.18. The molecule has 0 amide bonds. The van der Waals surface area contributed by atoms with Gasteiger partial charge in [0.05, 0.1) is 4.99 Å². The lowest BCUT2D eigenvalue weighted by molar-refractivity contribution is 1.60. The van der Waals surface area contributed by atoms with Gasteiger partial charge in [0.1, 0.15) is 0 Å². The molecule has 3 heteroatoms. The van der Waals surface area contributed by atoms with Gasteiger partial charge in [-0.25, -0.2) is 0 Å². The van der Waals surface area contributed by atoms with E-state index in [4.69, 9.17) is 12.2 Å². The zero-order chi connectivity index (χ0) is 8.27. The van der Waals surface area contributed by atoms with Gasteiger partial charge < -0.3 is 5.32 Å². The molecule has 1 N–H and O–H groups in total. The van der Waals surface area contributed by atoms with Crippen LogP contribution in [-0.4, -0.2) is 4.99 Å². The second kappa shape index (κ2) is 4.01. The van der Waals surface area contributed by atoms with E-state index in [1.807, 2.05) is 31.2 Å². The van der Waals surface area contributed by atoms with Gasteiger partial charge in [0.2, 0.25) is 0 Å². The summed E-state index contributed by atoms with van der Waals surface area (Å²) < 4.78 is 1.23. The van der Waals surface area contributed by atoms with E-state index < -0.39 is 0 Å². The van der Waals surface area contributed by atoms with Gasteiger partial charge in [0.15, 0.2) is 0 Å². The number of hydrogen-bond acceptors (Lipinski definition) is 1. The van der Waals surface area contributed by atoms with Gasteiger partial charge in [-0.3, -0.25) is 0 Å². The van der Waals surface area contributed by atoms with Crippen molar-refractivity contribution in [2.45, 2.75) is 6.92 Å². The molecule has 0 bridgehead atoms. The van der Waals surface area contributed by atoms with Gasteiger partial charge in [0, 0.05) is 9.26 Å². The van der Waals surface area contributed by atoms with Crippen LogP contribution >= 0.6 is 34.8 Å². The minimum atomic E-state index is 0.797. The van der Waals surface area contributed by atoms with Crippen molar-refractivity contribution in [1.82, 2.24) is 0 Å². The molecule has 0 radical (unpaired) electrons. The summed E-state index contributed by atoms with van der Waals surface area (Å²) in [4.78, 5) is 0.797. The Labute approximate surface area is 85.3 Å². The minimum absolute atomic E-state index is 0.797. The molecule has 0 atom stereocenters. The number of halogens is 1. The van der Waals surface area contributed by atoms with E-state index in [-0.39, 0.29) is 0 Å². The lowest BCUT2D eigenvalue weighted by Gasteiger charge is -2.02. The zero-order valence-electron chi connectivity index (χ0n) is 6.10. The Morgan fingerprint density at radius 2 is 1.91 bits per heavy atom. The maximum absolute atomic E-state index is 4.90. The highest BCUT2D eigenvalue weighted by Crippen LogP contribution is 2.10. The van der Waals surface area contributed by atoms with Crippen molar-refractivity contribution in [3.63, 3.8) is 0 Å². The third kappa shape index (κ3) is 3.16. The Morgan fingerprint density at radius 3 is 2.36 bits per heavy atom. The number of rotatable bonds is 1. The van der Waals surface area contributed by atoms with Gasteiger partial charge in [0.25, 0.3) is 0 Å². The van der Waals surface area contributed by atoms with E-state index in [1.165, 1.54) is 3.57 Å². The molecular formula is C8H8INS. The molecule has 0 heterocycles. The molecule has 0 saturated carbocycles. The van der Waals surface area contributed by atoms with Crippen LogP contribution in [0.5, 0.6) is 0 Å². The van der Waals surface area contributed by atoms with Crippen molar-refractivity contribution in [2.75, 3.05) is 5.32 Å². The van der Waals surface area contributed by atoms with Gasteiger partial charge in [-0.15, -0.1) is 0 Å². The predicted molar refractivity (Wildman–Crippen MR) is 61.1 cm³/mol. The second-order valence-electron chi connectivity index (χ2n) is 2.19. The Balaban J connectivity index is 2.74. The molecule has 1 aromatic rings. The van der Waals surface area contributed by atoms with Crippen molar-refractivity contribution < 1.29 is 0 Å². The lowest BCUT2D eigenvalue weighted by atomic mass is 10.3. The largest absolute Gasteiger partial charge is 0.350 e. The average Bonchev–Trinajstić information content (AvgIpc) is 1.93. The van der Waals surface area contributed by atoms with Crippen LogP contribution in [0.3, 0.4) is 0 Å². The van der Waals surface area contributed by atoms with Crippen molar-refractivity contribution >= 4 is 45.5 Å². The molecule has 0 unspecified atom stereocenters. The summed E-state index contributed by atoms with van der Waals surface area (Å²) in [5.41, 5.74) is 1.05. The Kier molecular flexibility index (Phi) is 3.26. The third-order valence-electron chi connectivity index (χ3n) is 1.16. The monoisotopic (exact) mass is 277 g/mol. The number of nitrogens with one attached hydrogen (secondary N) is 1. The highest BCUT2D eigenvalue weighted by Gasteiger charge is 1.90. The molecule has 0 aliphatic heterocycles. The number of thiocarbonyl (C=S) groups is 1. The molecule has 0 fully saturated rings. The van der Waals surface area contributed by atoms with Crippen molar-refractivity contribution in [1.29, 1.82) is 0 Å². The first-order valence-electron chi connectivity index (χ1n) is 3.21. The fraction of sp³-hybridized carbons (Fsp3) is 0.125. The summed E-state index contributed by atoms with van der Waals surface area (Å²) in [5, 5.41) is 3.06. The summed E-state index contributed by atoms with van der Waals surface area (Å²) in [6, 6.07) is 8.11. The van der Waals surface area contributed by atoms with Crippen LogP contribution in [0.2, 0.25) is 0 Å². The first kappa shape index (κ1) is 8.93. The standard InChI is InChI=1S/C8H8INS/c1-6(11)10-8-4-2-7(9)3-5-8/h2-5H,1H3,(H,10,11). The van der Waals surface area contributed by atoms with E-state index in [0.29, 0.717) is 0 Å². The summed E-state index contributed by atoms with van der Waals surface area (Å²) in [6.45, 7) is 1.87. The van der Waals surface area contributed by atoms with Crippen LogP contribution in [0.4, 0.5) is 5.69 Å². The maximum Gasteiger partial charge on any atom is 0.0765 e. The van der Waals surface area contributed by atoms with Gasteiger partial charge in [-0.1, -0.05) is 12.2 Å². The summed E-state index contributed by atoms with van der Waals surface area (Å²) in [5.74, 6) is 0. The molecule has 1 aromatic carbocycles. The van der Waals surface area contributed by atoms with Gasteiger partial charge >= 0.3 is 0 Å². The number of anilines is 1. The van der Waals surface area contributed by atoms with Crippen molar-refractivity contribution in [2.24, 2.45) is 0 Å². The van der Waals surface area contributed by atoms with Gasteiger partial charge in [-0.2, -0.15) is 0 Å². The topological polar surface area (TPSA) is 12.0 Å². The molecule has 1 nitrogen and oxygen atoms in total. The summed E-state index contributed by atoms with van der Waals surface area (Å²) in [6.07, 6.45) is 0. The molecule has 0 spiro atoms. The molecule has 0 aromatic heterocycles. The number of benzene rings is 1. The van der Waals surface area contributed by atoms with Crippen LogP contribution in [0, 0.1) is 3.57 Å². The van der Waals surface area contributed by atoms with Crippen LogP contribution in [-0.2, 0) is 0 Å². The highest BCUT2D eigenvalue weighted by atomic mass is 127. The fourth-order valence-corrected chi connectivity index (χ4v) is 1.21. The normalized spacial score (nSPS) is 9.27. The van der Waals surface area contributed by atoms with Crippen LogP contribution in [0.25, 0.3) is 0 Å². The SMILES string of the molecule is CC(=S)Nc1ccc(I)cc1. The van der Waals surface area contributed by atoms with Crippen LogP contribution in [0.15, 0.2) is 24.3 Å². The van der Waals surface area contributed by atoms with E-state index in [9.17, 15) is 0 Å². The zero-order valence-corrected chi connectivity index (χ0v) is 9.07. The van der Waals surface area contributed by atoms with E-state index >= 15 is 0 Å². The smallest absolute Gasteiger partial charge is 0.0765 e. The molecular weight excluding hydrogens is 269 g/mol. The molecule has 58 valence electrons. The van der Waals surface area contributed by atoms with E-state index in [0.717, 1.165) is 10.7 Å². The predicted octanol–water partition coefficient (Wildman–Crippen LogP) is 3.05. The Bertz CT molecular complexity index is 255.